The molecule has 0 amide bonds. The molecule has 1 nitrogen and oxygen atoms in total. The van der Waals surface area contributed by atoms with Crippen LogP contribution >= 0.6 is 31.9 Å². The number of aliphatic hydroxyl groups excluding tert-OH is 1. The van der Waals surface area contributed by atoms with Crippen LogP contribution in [-0.2, 0) is 0 Å². The zero-order chi connectivity index (χ0) is 8.69. The van der Waals surface area contributed by atoms with Gasteiger partial charge in [0.05, 0.1) is 10.00 Å². The molecular weight excluding hydrogens is 272 g/mol. The molecule has 0 spiro atoms. The molecule has 0 aromatic carbocycles. The average Bonchev–Trinajstić information content (AvgIpc) is 1.87. The zero-order valence-corrected chi connectivity index (χ0v) is 9.65. The molecule has 0 radical (unpaired) electrons. The Balaban J connectivity index is 3.54. The van der Waals surface area contributed by atoms with Gasteiger partial charge in [-0.05, 0) is 51.6 Å². The monoisotopic (exact) mass is 282 g/mol. The second-order valence-corrected chi connectivity index (χ2v) is 5.04. The summed E-state index contributed by atoms with van der Waals surface area (Å²) in [5, 5.41) is 8.53. The van der Waals surface area contributed by atoms with Gasteiger partial charge in [-0.2, -0.15) is 0 Å². The lowest BCUT2D eigenvalue weighted by Crippen LogP contribution is -1.79. The van der Waals surface area contributed by atoms with Gasteiger partial charge in [-0.1, -0.05) is 17.7 Å². The third kappa shape index (κ3) is 8.30. The van der Waals surface area contributed by atoms with Crippen LogP contribution < -0.4 is 0 Å². The number of hydrogen-bond acceptors (Lipinski definition) is 1. The summed E-state index contributed by atoms with van der Waals surface area (Å²) in [5.41, 5.74) is 1.23. The van der Waals surface area contributed by atoms with Crippen LogP contribution in [0.4, 0.5) is 0 Å². The van der Waals surface area contributed by atoms with Crippen molar-refractivity contribution in [2.75, 3.05) is 6.61 Å². The van der Waals surface area contributed by atoms with Crippen molar-refractivity contribution in [2.45, 2.75) is 19.8 Å². The SMILES string of the molecule is C/C(=C/CO)CCC=C(Br)Br. The summed E-state index contributed by atoms with van der Waals surface area (Å²) in [5.74, 6) is 0. The summed E-state index contributed by atoms with van der Waals surface area (Å²) in [7, 11) is 0. The molecule has 0 bridgehead atoms. The molecule has 0 unspecified atom stereocenters. The van der Waals surface area contributed by atoms with E-state index >= 15 is 0 Å². The Bertz CT molecular complexity index is 157. The minimum absolute atomic E-state index is 0.144. The lowest BCUT2D eigenvalue weighted by molar-refractivity contribution is 0.341. The molecule has 0 rings (SSSR count). The van der Waals surface area contributed by atoms with Crippen LogP contribution in [0.25, 0.3) is 0 Å². The highest BCUT2D eigenvalue weighted by Crippen LogP contribution is 2.15. The van der Waals surface area contributed by atoms with Crippen molar-refractivity contribution < 1.29 is 5.11 Å². The van der Waals surface area contributed by atoms with Crippen LogP contribution in [0.5, 0.6) is 0 Å². The van der Waals surface area contributed by atoms with Gasteiger partial charge in [0.15, 0.2) is 0 Å². The number of hydrogen-bond donors (Lipinski definition) is 1. The van der Waals surface area contributed by atoms with Gasteiger partial charge in [-0.15, -0.1) is 0 Å². The normalized spacial score (nSPS) is 11.5. The van der Waals surface area contributed by atoms with Gasteiger partial charge in [0, 0.05) is 0 Å². The van der Waals surface area contributed by atoms with E-state index in [-0.39, 0.29) is 6.61 Å². The van der Waals surface area contributed by atoms with Crippen molar-refractivity contribution in [3.63, 3.8) is 0 Å². The van der Waals surface area contributed by atoms with Crippen molar-refractivity contribution >= 4 is 31.9 Å². The van der Waals surface area contributed by atoms with Crippen LogP contribution in [0, 0.1) is 0 Å². The second-order valence-electron chi connectivity index (χ2n) is 2.27. The van der Waals surface area contributed by atoms with E-state index in [9.17, 15) is 0 Å². The lowest BCUT2D eigenvalue weighted by atomic mass is 10.1. The van der Waals surface area contributed by atoms with Gasteiger partial charge in [0.25, 0.3) is 0 Å². The molecule has 0 saturated heterocycles. The second kappa shape index (κ2) is 7.07. The van der Waals surface area contributed by atoms with E-state index in [1.807, 2.05) is 13.0 Å². The van der Waals surface area contributed by atoms with Crippen molar-refractivity contribution in [2.24, 2.45) is 0 Å². The summed E-state index contributed by atoms with van der Waals surface area (Å²) in [4.78, 5) is 0. The highest BCUT2D eigenvalue weighted by molar-refractivity contribution is 9.28. The molecule has 3 heteroatoms. The first-order valence-electron chi connectivity index (χ1n) is 3.44. The van der Waals surface area contributed by atoms with Gasteiger partial charge in [0.2, 0.25) is 0 Å². The Hall–Kier alpha value is 0.400. The first-order chi connectivity index (χ1) is 5.16. The minimum Gasteiger partial charge on any atom is -0.392 e. The Morgan fingerprint density at radius 3 is 2.45 bits per heavy atom. The van der Waals surface area contributed by atoms with E-state index in [1.54, 1.807) is 0 Å². The largest absolute Gasteiger partial charge is 0.392 e. The summed E-state index contributed by atoms with van der Waals surface area (Å²) in [6.45, 7) is 2.16. The van der Waals surface area contributed by atoms with Crippen molar-refractivity contribution in [3.8, 4) is 0 Å². The molecular formula is C8H12Br2O. The summed E-state index contributed by atoms with van der Waals surface area (Å²) in [6, 6.07) is 0. The molecule has 0 aromatic rings. The van der Waals surface area contributed by atoms with Crippen LogP contribution in [0.3, 0.4) is 0 Å². The fourth-order valence-corrected chi connectivity index (χ4v) is 1.12. The molecule has 0 aliphatic heterocycles. The molecule has 0 aliphatic carbocycles. The van der Waals surface area contributed by atoms with Gasteiger partial charge < -0.3 is 5.11 Å². The number of allylic oxidation sites excluding steroid dienone is 2. The summed E-state index contributed by atoms with van der Waals surface area (Å²) in [6.07, 6.45) is 5.88. The van der Waals surface area contributed by atoms with E-state index < -0.39 is 0 Å². The smallest absolute Gasteiger partial charge is 0.0614 e. The highest BCUT2D eigenvalue weighted by Gasteiger charge is 1.87. The van der Waals surface area contributed by atoms with E-state index in [0.717, 1.165) is 16.2 Å². The average molecular weight is 284 g/mol. The molecule has 0 heterocycles. The number of halogens is 2. The lowest BCUT2D eigenvalue weighted by Gasteiger charge is -1.95. The fraction of sp³-hybridized carbons (Fsp3) is 0.500. The Labute approximate surface area is 84.4 Å². The number of aliphatic hydroxyl groups is 1. The van der Waals surface area contributed by atoms with E-state index in [4.69, 9.17) is 5.11 Å². The topological polar surface area (TPSA) is 20.2 Å². The van der Waals surface area contributed by atoms with Crippen molar-refractivity contribution in [1.29, 1.82) is 0 Å². The van der Waals surface area contributed by atoms with Crippen LogP contribution in [0.15, 0.2) is 21.1 Å². The Morgan fingerprint density at radius 2 is 2.00 bits per heavy atom. The van der Waals surface area contributed by atoms with Crippen LogP contribution in [-0.4, -0.2) is 11.7 Å². The zero-order valence-electron chi connectivity index (χ0n) is 6.48. The van der Waals surface area contributed by atoms with Crippen LogP contribution in [0.1, 0.15) is 19.8 Å². The third-order valence-corrected chi connectivity index (χ3v) is 1.92. The van der Waals surface area contributed by atoms with Crippen LogP contribution in [0.2, 0.25) is 0 Å². The fourth-order valence-electron chi connectivity index (χ4n) is 0.667. The quantitative estimate of drug-likeness (QED) is 0.785. The first kappa shape index (κ1) is 11.4. The first-order valence-corrected chi connectivity index (χ1v) is 5.03. The molecule has 11 heavy (non-hydrogen) atoms. The molecule has 0 fully saturated rings. The molecule has 64 valence electrons. The van der Waals surface area contributed by atoms with Gasteiger partial charge in [-0.25, -0.2) is 0 Å². The van der Waals surface area contributed by atoms with E-state index in [0.29, 0.717) is 0 Å². The van der Waals surface area contributed by atoms with Gasteiger partial charge >= 0.3 is 0 Å². The van der Waals surface area contributed by atoms with E-state index in [1.165, 1.54) is 5.57 Å². The van der Waals surface area contributed by atoms with Crippen molar-refractivity contribution in [3.05, 3.63) is 21.1 Å². The molecule has 0 atom stereocenters. The van der Waals surface area contributed by atoms with E-state index in [2.05, 4.69) is 37.9 Å². The number of rotatable bonds is 4. The predicted octanol–water partition coefficient (Wildman–Crippen LogP) is 3.34. The minimum atomic E-state index is 0.144. The summed E-state index contributed by atoms with van der Waals surface area (Å²) < 4.78 is 0.988. The standard InChI is InChI=1S/C8H12Br2O/c1-7(5-6-11)3-2-4-8(9)10/h4-5,11H,2-3,6H2,1H3/b7-5-. The molecule has 1 N–H and O–H groups in total. The maximum absolute atomic E-state index is 8.53. The molecule has 0 aliphatic rings. The van der Waals surface area contributed by atoms with Gasteiger partial charge in [-0.3, -0.25) is 0 Å². The molecule has 0 aromatic heterocycles. The summed E-state index contributed by atoms with van der Waals surface area (Å²) >= 11 is 6.54. The maximum Gasteiger partial charge on any atom is 0.0614 e. The third-order valence-electron chi connectivity index (χ3n) is 1.28. The maximum atomic E-state index is 8.53. The van der Waals surface area contributed by atoms with Crippen molar-refractivity contribution in [1.82, 2.24) is 0 Å². The highest BCUT2D eigenvalue weighted by atomic mass is 79.9. The Kier molecular flexibility index (Phi) is 7.33. The Morgan fingerprint density at radius 1 is 1.36 bits per heavy atom. The van der Waals surface area contributed by atoms with Gasteiger partial charge in [0.1, 0.15) is 0 Å². The predicted molar refractivity (Wildman–Crippen MR) is 56.0 cm³/mol. The molecule has 0 saturated carbocycles.